The Kier molecular flexibility index (Phi) is 3.85. The maximum atomic E-state index is 9.20. The predicted octanol–water partition coefficient (Wildman–Crippen LogP) is 2.99. The van der Waals surface area contributed by atoms with Crippen LogP contribution in [0.4, 0.5) is 0 Å². The lowest BCUT2D eigenvalue weighted by Crippen LogP contribution is -2.07. The second-order valence-corrected chi connectivity index (χ2v) is 4.28. The summed E-state index contributed by atoms with van der Waals surface area (Å²) >= 11 is 0. The molecule has 0 heterocycles. The van der Waals surface area contributed by atoms with Crippen molar-refractivity contribution in [2.45, 2.75) is 19.6 Å². The second kappa shape index (κ2) is 5.56. The normalized spacial score (nSPS) is 12.1. The van der Waals surface area contributed by atoms with E-state index in [0.29, 0.717) is 6.61 Å². The maximum Gasteiger partial charge on any atom is 0.124 e. The molecular formula is C15H17NO2. The van der Waals surface area contributed by atoms with Crippen LogP contribution in [0.2, 0.25) is 0 Å². The van der Waals surface area contributed by atoms with Gasteiger partial charge in [-0.1, -0.05) is 30.3 Å². The third kappa shape index (κ3) is 3.02. The van der Waals surface area contributed by atoms with E-state index in [-0.39, 0.29) is 11.8 Å². The van der Waals surface area contributed by atoms with Gasteiger partial charge in [-0.25, -0.2) is 0 Å². The van der Waals surface area contributed by atoms with Crippen molar-refractivity contribution >= 4 is 0 Å². The van der Waals surface area contributed by atoms with E-state index >= 15 is 0 Å². The largest absolute Gasteiger partial charge is 0.508 e. The molecule has 0 amide bonds. The average molecular weight is 243 g/mol. The fourth-order valence-corrected chi connectivity index (χ4v) is 1.74. The number of hydrogen-bond acceptors (Lipinski definition) is 3. The molecule has 0 spiro atoms. The number of phenolic OH excluding ortho intramolecular Hbond substituents is 1. The molecular weight excluding hydrogens is 226 g/mol. The lowest BCUT2D eigenvalue weighted by atomic mass is 10.1. The van der Waals surface area contributed by atoms with Gasteiger partial charge in [0.15, 0.2) is 0 Å². The number of ether oxygens (including phenoxy) is 1. The second-order valence-electron chi connectivity index (χ2n) is 4.28. The Morgan fingerprint density at radius 2 is 1.78 bits per heavy atom. The Hall–Kier alpha value is -2.00. The average Bonchev–Trinajstić information content (AvgIpc) is 2.38. The number of benzene rings is 2. The molecule has 3 nitrogen and oxygen atoms in total. The smallest absolute Gasteiger partial charge is 0.124 e. The molecule has 94 valence electrons. The summed E-state index contributed by atoms with van der Waals surface area (Å²) in [5.74, 6) is 1.07. The van der Waals surface area contributed by atoms with Crippen molar-refractivity contribution in [2.75, 3.05) is 0 Å². The van der Waals surface area contributed by atoms with Crippen LogP contribution in [0, 0.1) is 0 Å². The van der Waals surface area contributed by atoms with Crippen molar-refractivity contribution in [1.82, 2.24) is 0 Å². The summed E-state index contributed by atoms with van der Waals surface area (Å²) < 4.78 is 5.76. The van der Waals surface area contributed by atoms with Gasteiger partial charge in [0.25, 0.3) is 0 Å². The number of nitrogens with two attached hydrogens (primary N) is 1. The van der Waals surface area contributed by atoms with Crippen LogP contribution in [0.5, 0.6) is 11.5 Å². The minimum atomic E-state index is -0.0546. The lowest BCUT2D eigenvalue weighted by molar-refractivity contribution is 0.301. The summed E-state index contributed by atoms with van der Waals surface area (Å²) in [7, 11) is 0. The quantitative estimate of drug-likeness (QED) is 0.868. The number of aromatic hydroxyl groups is 1. The topological polar surface area (TPSA) is 55.5 Å². The van der Waals surface area contributed by atoms with Gasteiger partial charge < -0.3 is 15.6 Å². The molecule has 1 atom stereocenters. The van der Waals surface area contributed by atoms with Crippen molar-refractivity contribution in [3.05, 3.63) is 59.7 Å². The summed E-state index contributed by atoms with van der Waals surface area (Å²) in [6.45, 7) is 2.40. The first-order valence-corrected chi connectivity index (χ1v) is 5.92. The van der Waals surface area contributed by atoms with Crippen LogP contribution in [0.1, 0.15) is 24.1 Å². The Morgan fingerprint density at radius 3 is 2.44 bits per heavy atom. The van der Waals surface area contributed by atoms with Crippen molar-refractivity contribution in [3.8, 4) is 11.5 Å². The zero-order valence-electron chi connectivity index (χ0n) is 10.3. The van der Waals surface area contributed by atoms with Crippen LogP contribution in [0.25, 0.3) is 0 Å². The summed E-state index contributed by atoms with van der Waals surface area (Å²) in [6, 6.07) is 14.7. The van der Waals surface area contributed by atoms with Crippen LogP contribution >= 0.6 is 0 Å². The van der Waals surface area contributed by atoms with E-state index in [1.807, 2.05) is 43.3 Å². The third-order valence-corrected chi connectivity index (χ3v) is 2.74. The van der Waals surface area contributed by atoms with Crippen molar-refractivity contribution < 1.29 is 9.84 Å². The molecule has 0 fully saturated rings. The molecule has 2 rings (SSSR count). The van der Waals surface area contributed by atoms with Crippen LogP contribution < -0.4 is 10.5 Å². The number of phenols is 1. The van der Waals surface area contributed by atoms with Crippen LogP contribution in [-0.2, 0) is 6.61 Å². The molecule has 2 aromatic carbocycles. The maximum absolute atomic E-state index is 9.20. The SMILES string of the molecule is C[C@@H](N)c1ccccc1OCc1ccc(O)cc1. The van der Waals surface area contributed by atoms with E-state index in [0.717, 1.165) is 16.9 Å². The highest BCUT2D eigenvalue weighted by atomic mass is 16.5. The minimum absolute atomic E-state index is 0.0546. The monoisotopic (exact) mass is 243 g/mol. The highest BCUT2D eigenvalue weighted by Gasteiger charge is 2.07. The van der Waals surface area contributed by atoms with Crippen molar-refractivity contribution in [2.24, 2.45) is 5.73 Å². The molecule has 0 saturated heterocycles. The van der Waals surface area contributed by atoms with Gasteiger partial charge in [-0.05, 0) is 30.7 Å². The van der Waals surface area contributed by atoms with Crippen LogP contribution in [0.3, 0.4) is 0 Å². The van der Waals surface area contributed by atoms with Gasteiger partial charge in [0.05, 0.1) is 0 Å². The summed E-state index contributed by atoms with van der Waals surface area (Å²) in [5.41, 5.74) is 7.89. The molecule has 0 aromatic heterocycles. The molecule has 0 aliphatic carbocycles. The van der Waals surface area contributed by atoms with E-state index in [4.69, 9.17) is 10.5 Å². The molecule has 18 heavy (non-hydrogen) atoms. The molecule has 3 heteroatoms. The molecule has 0 bridgehead atoms. The van der Waals surface area contributed by atoms with E-state index in [1.165, 1.54) is 0 Å². The zero-order chi connectivity index (χ0) is 13.0. The van der Waals surface area contributed by atoms with Gasteiger partial charge in [0.1, 0.15) is 18.1 Å². The van der Waals surface area contributed by atoms with Gasteiger partial charge >= 0.3 is 0 Å². The Labute approximate surface area is 107 Å². The van der Waals surface area contributed by atoms with Gasteiger partial charge in [-0.3, -0.25) is 0 Å². The van der Waals surface area contributed by atoms with Gasteiger partial charge in [-0.2, -0.15) is 0 Å². The molecule has 2 aromatic rings. The summed E-state index contributed by atoms with van der Waals surface area (Å²) in [6.07, 6.45) is 0. The highest BCUT2D eigenvalue weighted by molar-refractivity contribution is 5.35. The standard InChI is InChI=1S/C15H17NO2/c1-11(16)14-4-2-3-5-15(14)18-10-12-6-8-13(17)9-7-12/h2-9,11,17H,10,16H2,1H3/t11-/m1/s1. The van der Waals surface area contributed by atoms with E-state index in [9.17, 15) is 5.11 Å². The van der Waals surface area contributed by atoms with E-state index in [2.05, 4.69) is 0 Å². The Morgan fingerprint density at radius 1 is 1.11 bits per heavy atom. The Balaban J connectivity index is 2.08. The Bertz CT molecular complexity index is 506. The zero-order valence-corrected chi connectivity index (χ0v) is 10.3. The van der Waals surface area contributed by atoms with Crippen LogP contribution in [0.15, 0.2) is 48.5 Å². The molecule has 0 aliphatic heterocycles. The number of rotatable bonds is 4. The molecule has 0 saturated carbocycles. The van der Waals surface area contributed by atoms with E-state index in [1.54, 1.807) is 12.1 Å². The first-order valence-electron chi connectivity index (χ1n) is 5.92. The van der Waals surface area contributed by atoms with Crippen molar-refractivity contribution in [3.63, 3.8) is 0 Å². The van der Waals surface area contributed by atoms with E-state index < -0.39 is 0 Å². The fraction of sp³-hybridized carbons (Fsp3) is 0.200. The van der Waals surface area contributed by atoms with Crippen LogP contribution in [-0.4, -0.2) is 5.11 Å². The first-order chi connectivity index (χ1) is 8.66. The molecule has 0 unspecified atom stereocenters. The lowest BCUT2D eigenvalue weighted by Gasteiger charge is -2.13. The molecule has 3 N–H and O–H groups in total. The molecule has 0 aliphatic rings. The highest BCUT2D eigenvalue weighted by Crippen LogP contribution is 2.24. The summed E-state index contributed by atoms with van der Waals surface area (Å²) in [4.78, 5) is 0. The van der Waals surface area contributed by atoms with Crippen molar-refractivity contribution in [1.29, 1.82) is 0 Å². The third-order valence-electron chi connectivity index (χ3n) is 2.74. The molecule has 0 radical (unpaired) electrons. The van der Waals surface area contributed by atoms with Gasteiger partial charge in [0.2, 0.25) is 0 Å². The van der Waals surface area contributed by atoms with Gasteiger partial charge in [0, 0.05) is 11.6 Å². The number of para-hydroxylation sites is 1. The predicted molar refractivity (Wildman–Crippen MR) is 71.5 cm³/mol. The van der Waals surface area contributed by atoms with Gasteiger partial charge in [-0.15, -0.1) is 0 Å². The fourth-order valence-electron chi connectivity index (χ4n) is 1.74. The first kappa shape index (κ1) is 12.5. The minimum Gasteiger partial charge on any atom is -0.508 e. The number of hydrogen-bond donors (Lipinski definition) is 2. The summed E-state index contributed by atoms with van der Waals surface area (Å²) in [5, 5.41) is 9.20.